The summed E-state index contributed by atoms with van der Waals surface area (Å²) < 4.78 is 0. The Hall–Kier alpha value is -1.50. The van der Waals surface area contributed by atoms with Crippen molar-refractivity contribution in [3.63, 3.8) is 0 Å². The second-order valence-electron chi connectivity index (χ2n) is 19.3. The van der Waals surface area contributed by atoms with E-state index in [1.54, 1.807) is 0 Å². The summed E-state index contributed by atoms with van der Waals surface area (Å²) in [5.41, 5.74) is 2.68. The van der Waals surface area contributed by atoms with Crippen LogP contribution in [0.5, 0.6) is 0 Å². The van der Waals surface area contributed by atoms with Crippen molar-refractivity contribution >= 4 is 0 Å². The third kappa shape index (κ3) is 26.8. The average molecular weight is 958 g/mol. The third-order valence-electron chi connectivity index (χ3n) is 13.6. The van der Waals surface area contributed by atoms with Crippen molar-refractivity contribution in [1.82, 2.24) is 94.0 Å². The van der Waals surface area contributed by atoms with E-state index in [-0.39, 0.29) is 12.6 Å². The van der Waals surface area contributed by atoms with E-state index in [9.17, 15) is 0 Å². The Morgan fingerprint density at radius 2 is 0.471 bits per heavy atom. The Labute approximate surface area is 414 Å². The third-order valence-corrected chi connectivity index (χ3v) is 13.6. The van der Waals surface area contributed by atoms with Gasteiger partial charge in [-0.25, -0.2) is 0 Å². The van der Waals surface area contributed by atoms with E-state index in [0.717, 1.165) is 274 Å². The lowest BCUT2D eigenvalue weighted by Crippen LogP contribution is -2.59. The fraction of sp³-hybridized carbons (Fsp3) is 0.880. The highest BCUT2D eigenvalue weighted by atomic mass is 15.5. The van der Waals surface area contributed by atoms with Gasteiger partial charge in [0.15, 0.2) is 0 Å². The zero-order valence-corrected chi connectivity index (χ0v) is 43.0. The zero-order valence-electron chi connectivity index (χ0n) is 43.0. The molecule has 1 aromatic rings. The number of hydrogen-bond donors (Lipinski definition) is 14. The summed E-state index contributed by atoms with van der Waals surface area (Å²) >= 11 is 0. The first-order valence-electron chi connectivity index (χ1n) is 27.9. The summed E-state index contributed by atoms with van der Waals surface area (Å²) in [7, 11) is 0. The van der Waals surface area contributed by atoms with Crippen molar-refractivity contribution < 1.29 is 0 Å². The van der Waals surface area contributed by atoms with Gasteiger partial charge in [0.25, 0.3) is 0 Å². The van der Waals surface area contributed by atoms with Crippen molar-refractivity contribution in [3.05, 3.63) is 35.4 Å². The summed E-state index contributed by atoms with van der Waals surface area (Å²) in [5.74, 6) is 0. The molecule has 68 heavy (non-hydrogen) atoms. The van der Waals surface area contributed by atoms with Gasteiger partial charge in [-0.1, -0.05) is 24.3 Å². The molecule has 5 rings (SSSR count). The molecule has 0 unspecified atom stereocenters. The minimum absolute atomic E-state index is 0.148. The molecule has 18 heteroatoms. The lowest BCUT2D eigenvalue weighted by molar-refractivity contribution is 0.0148. The molecule has 0 atom stereocenters. The van der Waals surface area contributed by atoms with Gasteiger partial charge in [-0.05, 0) is 141 Å². The number of nitrogens with zero attached hydrogens (tertiary/aromatic N) is 4. The van der Waals surface area contributed by atoms with E-state index < -0.39 is 0 Å². The molecular weight excluding hydrogens is 853 g/mol. The maximum Gasteiger partial charge on any atom is 0.117 e. The van der Waals surface area contributed by atoms with Crippen LogP contribution in [0.2, 0.25) is 0 Å². The minimum atomic E-state index is 0.148. The molecule has 18 nitrogen and oxygen atoms in total. The lowest BCUT2D eigenvalue weighted by Gasteiger charge is -2.41. The molecule has 394 valence electrons. The van der Waals surface area contributed by atoms with Gasteiger partial charge in [-0.3, -0.25) is 30.2 Å². The molecule has 0 amide bonds. The fourth-order valence-electron chi connectivity index (χ4n) is 9.68. The molecule has 0 aliphatic carbocycles. The summed E-state index contributed by atoms with van der Waals surface area (Å²) in [6, 6.07) is 9.50. The predicted octanol–water partition coefficient (Wildman–Crippen LogP) is -2.11. The quantitative estimate of drug-likeness (QED) is 0.122. The van der Waals surface area contributed by atoms with Gasteiger partial charge in [0.05, 0.1) is 0 Å². The van der Waals surface area contributed by atoms with Crippen LogP contribution in [0.15, 0.2) is 24.3 Å². The van der Waals surface area contributed by atoms with Crippen LogP contribution < -0.4 is 74.4 Å². The summed E-state index contributed by atoms with van der Waals surface area (Å²) in [4.78, 5) is 10.9. The molecule has 4 fully saturated rings. The Morgan fingerprint density at radius 1 is 0.265 bits per heavy atom. The van der Waals surface area contributed by atoms with Gasteiger partial charge in [0.2, 0.25) is 0 Å². The first-order chi connectivity index (χ1) is 33.9. The molecule has 0 saturated carbocycles. The Kier molecular flexibility index (Phi) is 33.8. The summed E-state index contributed by atoms with van der Waals surface area (Å²) in [6.45, 7) is 34.9. The molecule has 0 bridgehead atoms. The number of rotatable bonds is 10. The van der Waals surface area contributed by atoms with Gasteiger partial charge < -0.3 is 63.8 Å². The monoisotopic (exact) mass is 957 g/mol. The highest BCUT2D eigenvalue weighted by Crippen LogP contribution is 2.13. The minimum Gasteiger partial charge on any atom is -0.315 e. The van der Waals surface area contributed by atoms with E-state index in [0.29, 0.717) is 0 Å². The van der Waals surface area contributed by atoms with Gasteiger partial charge in [-0.15, -0.1) is 0 Å². The molecule has 4 aliphatic heterocycles. The van der Waals surface area contributed by atoms with E-state index >= 15 is 0 Å². The Morgan fingerprint density at radius 3 is 0.706 bits per heavy atom. The molecule has 0 aromatic heterocycles. The molecule has 4 saturated heterocycles. The van der Waals surface area contributed by atoms with Crippen LogP contribution in [0.25, 0.3) is 0 Å². The summed E-state index contributed by atoms with van der Waals surface area (Å²) in [5, 5.41) is 52.6. The van der Waals surface area contributed by atoms with Gasteiger partial charge in [0, 0.05) is 144 Å². The molecule has 1 aromatic carbocycles. The van der Waals surface area contributed by atoms with Crippen molar-refractivity contribution in [1.29, 1.82) is 0 Å². The lowest BCUT2D eigenvalue weighted by atomic mass is 10.1. The second-order valence-corrected chi connectivity index (χ2v) is 19.3. The highest BCUT2D eigenvalue weighted by molar-refractivity contribution is 5.22. The van der Waals surface area contributed by atoms with Crippen LogP contribution in [0.4, 0.5) is 0 Å². The van der Waals surface area contributed by atoms with Crippen LogP contribution >= 0.6 is 0 Å². The van der Waals surface area contributed by atoms with Crippen LogP contribution in [0, 0.1) is 0 Å². The van der Waals surface area contributed by atoms with E-state index in [2.05, 4.69) is 118 Å². The molecule has 4 aliphatic rings. The van der Waals surface area contributed by atoms with E-state index in [4.69, 9.17) is 0 Å². The zero-order chi connectivity index (χ0) is 47.0. The van der Waals surface area contributed by atoms with E-state index in [1.165, 1.54) is 11.1 Å². The smallest absolute Gasteiger partial charge is 0.117 e. The maximum absolute atomic E-state index is 4.15. The Bertz CT molecular complexity index is 1060. The molecule has 0 spiro atoms. The number of benzene rings is 1. The highest BCUT2D eigenvalue weighted by Gasteiger charge is 2.26. The van der Waals surface area contributed by atoms with Crippen molar-refractivity contribution in [2.45, 2.75) is 77.0 Å². The van der Waals surface area contributed by atoms with Crippen LogP contribution in [0.1, 0.15) is 62.5 Å². The normalized spacial score (nSPS) is 24.0. The van der Waals surface area contributed by atoms with Gasteiger partial charge in [0.1, 0.15) is 12.6 Å². The molecule has 4 heterocycles. The first-order valence-corrected chi connectivity index (χ1v) is 27.9. The largest absolute Gasteiger partial charge is 0.315 e. The Balaban J connectivity index is 1.29. The maximum atomic E-state index is 4.15. The molecule has 14 N–H and O–H groups in total. The van der Waals surface area contributed by atoms with Crippen molar-refractivity contribution in [3.8, 4) is 0 Å². The van der Waals surface area contributed by atoms with Crippen molar-refractivity contribution in [2.24, 2.45) is 0 Å². The number of hydrogen-bond acceptors (Lipinski definition) is 18. The predicted molar refractivity (Wildman–Crippen MR) is 285 cm³/mol. The van der Waals surface area contributed by atoms with Crippen LogP contribution in [-0.2, 0) is 13.1 Å². The van der Waals surface area contributed by atoms with Crippen LogP contribution in [0.3, 0.4) is 0 Å². The summed E-state index contributed by atoms with van der Waals surface area (Å²) in [6.07, 6.45) is 9.46. The second kappa shape index (κ2) is 40.0. The topological polar surface area (TPSA) is 181 Å². The van der Waals surface area contributed by atoms with Crippen LogP contribution in [-0.4, -0.2) is 242 Å². The fourth-order valence-corrected chi connectivity index (χ4v) is 9.68. The van der Waals surface area contributed by atoms with Gasteiger partial charge in [-0.2, -0.15) is 0 Å². The standard InChI is InChI=1S/C50H104N18/c1-13-51-25-29-55-21-5-37-65(41-33-59-17-1)49(66-38-6-22-56-30-26-52-14-2-18-60-34-42-66)63-45-47-9-11-48(12-10-47)46-64-50(67-39-7-23-57-31-27-53-15-3-19-61-35-43-67)68-40-8-24-58-32-28-54-16-4-20-62-36-44-68/h9-12,49-64H,1-8,13-46H2. The molecule has 0 radical (unpaired) electrons. The SMILES string of the molecule is c1cc(CNC(N2CCCNCCNCCCNCC2)N2CCCNCCNCCCNCC2)ccc1CNC(N1CCCNCCNCCCNCC1)N1CCCNCCNCCCNCC1. The average Bonchev–Trinajstić information content (AvgIpc) is 3.35. The van der Waals surface area contributed by atoms with Gasteiger partial charge >= 0.3 is 0 Å². The number of nitrogens with one attached hydrogen (secondary N) is 14. The van der Waals surface area contributed by atoms with Crippen molar-refractivity contribution in [2.75, 3.05) is 209 Å². The first kappa shape index (κ1) is 57.4. The van der Waals surface area contributed by atoms with E-state index in [1.807, 2.05) is 0 Å². The molecular formula is C50H104N18.